The maximum Gasteiger partial charge on any atom is 0.321 e. The summed E-state index contributed by atoms with van der Waals surface area (Å²) in [5, 5.41) is 14.5. The number of nitrogens with two attached hydrogens (primary N) is 1. The molecule has 1 atom stereocenters. The molecule has 2 heterocycles. The Kier molecular flexibility index (Phi) is 6.75. The number of urea groups is 1. The maximum absolute atomic E-state index is 12.4. The summed E-state index contributed by atoms with van der Waals surface area (Å²) in [6.07, 6.45) is 3.27. The number of aliphatic hydroxyl groups is 1. The molecule has 1 aliphatic rings. The van der Waals surface area contributed by atoms with Crippen molar-refractivity contribution in [3.05, 3.63) is 46.4 Å². The molecule has 1 unspecified atom stereocenters. The molecule has 2 aromatic rings. The van der Waals surface area contributed by atoms with Crippen molar-refractivity contribution in [2.24, 2.45) is 5.73 Å². The van der Waals surface area contributed by atoms with E-state index in [4.69, 9.17) is 10.8 Å². The van der Waals surface area contributed by atoms with Crippen molar-refractivity contribution in [3.8, 4) is 11.1 Å². The molecular weight excluding hydrogens is 360 g/mol. The Labute approximate surface area is 163 Å². The fraction of sp³-hybridized carbons (Fsp3) is 0.421. The van der Waals surface area contributed by atoms with E-state index in [9.17, 15) is 9.59 Å². The van der Waals surface area contributed by atoms with Gasteiger partial charge < -0.3 is 16.2 Å². The number of anilines is 1. The maximum atomic E-state index is 12.4. The third kappa shape index (κ3) is 5.16. The lowest BCUT2D eigenvalue weighted by Crippen LogP contribution is -2.49. The molecule has 0 bridgehead atoms. The lowest BCUT2D eigenvalue weighted by atomic mass is 10.1. The second-order valence-electron chi connectivity index (χ2n) is 6.84. The van der Waals surface area contributed by atoms with Crippen LogP contribution in [0.3, 0.4) is 0 Å². The molecule has 2 amide bonds. The van der Waals surface area contributed by atoms with E-state index < -0.39 is 6.03 Å². The third-order valence-corrected chi connectivity index (χ3v) is 4.79. The Bertz CT molecular complexity index is 849. The number of β-amino-alcohol motifs (C(OH)–C–C–N with tert-alkyl or cyclic N) is 1. The first-order chi connectivity index (χ1) is 13.6. The monoisotopic (exact) mass is 386 g/mol. The molecule has 1 aromatic heterocycles. The molecule has 0 saturated carbocycles. The molecule has 1 aromatic carbocycles. The van der Waals surface area contributed by atoms with Gasteiger partial charge in [-0.25, -0.2) is 9.78 Å². The molecule has 3 rings (SSSR count). The second-order valence-corrected chi connectivity index (χ2v) is 6.84. The van der Waals surface area contributed by atoms with Gasteiger partial charge in [-0.2, -0.15) is 0 Å². The summed E-state index contributed by atoms with van der Waals surface area (Å²) in [5.41, 5.74) is 7.37. The summed E-state index contributed by atoms with van der Waals surface area (Å²) in [5.74, 6) is 0.0906. The van der Waals surface area contributed by atoms with Gasteiger partial charge in [0.15, 0.2) is 0 Å². The molecule has 28 heavy (non-hydrogen) atoms. The van der Waals surface area contributed by atoms with Crippen LogP contribution in [-0.4, -0.2) is 58.3 Å². The highest BCUT2D eigenvalue weighted by Crippen LogP contribution is 2.15. The van der Waals surface area contributed by atoms with Gasteiger partial charge in [-0.05, 0) is 30.5 Å². The molecule has 6 N–H and O–H groups in total. The van der Waals surface area contributed by atoms with Crippen molar-refractivity contribution in [3.63, 3.8) is 0 Å². The number of benzene rings is 1. The van der Waals surface area contributed by atoms with Gasteiger partial charge in [-0.15, -0.1) is 0 Å². The highest BCUT2D eigenvalue weighted by molar-refractivity contribution is 5.87. The van der Waals surface area contributed by atoms with Crippen LogP contribution in [0.2, 0.25) is 0 Å². The molecule has 1 fully saturated rings. The normalized spacial score (nSPS) is 17.3. The molecule has 1 aliphatic heterocycles. The topological polar surface area (TPSA) is 136 Å². The van der Waals surface area contributed by atoms with Gasteiger partial charge >= 0.3 is 6.03 Å². The Hall–Kier alpha value is -2.75. The van der Waals surface area contributed by atoms with Crippen molar-refractivity contribution in [2.45, 2.75) is 25.4 Å². The van der Waals surface area contributed by atoms with Crippen LogP contribution in [0.25, 0.3) is 11.1 Å². The first kappa shape index (κ1) is 20.0. The zero-order chi connectivity index (χ0) is 19.9. The van der Waals surface area contributed by atoms with E-state index in [1.54, 1.807) is 0 Å². The number of nitrogens with one attached hydrogen (secondary N) is 3. The van der Waals surface area contributed by atoms with Gasteiger partial charge in [0.05, 0.1) is 12.2 Å². The molecule has 150 valence electrons. The van der Waals surface area contributed by atoms with Crippen LogP contribution in [0.1, 0.15) is 18.4 Å². The number of aromatic nitrogens is 2. The van der Waals surface area contributed by atoms with Gasteiger partial charge in [0.1, 0.15) is 0 Å². The van der Waals surface area contributed by atoms with Crippen molar-refractivity contribution in [1.29, 1.82) is 0 Å². The minimum Gasteiger partial charge on any atom is -0.395 e. The smallest absolute Gasteiger partial charge is 0.321 e. The van der Waals surface area contributed by atoms with Crippen LogP contribution in [0.5, 0.6) is 0 Å². The Balaban J connectivity index is 1.60. The lowest BCUT2D eigenvalue weighted by molar-refractivity contribution is 0.153. The summed E-state index contributed by atoms with van der Waals surface area (Å²) >= 11 is 0. The van der Waals surface area contributed by atoms with Gasteiger partial charge in [0, 0.05) is 31.9 Å². The number of carbonyl (C=O) groups excluding carboxylic acids is 1. The molecule has 9 heteroatoms. The van der Waals surface area contributed by atoms with E-state index in [-0.39, 0.29) is 24.2 Å². The molecule has 0 spiro atoms. The van der Waals surface area contributed by atoms with Gasteiger partial charge in [0.2, 0.25) is 5.95 Å². The number of likely N-dealkylation sites (tertiary alicyclic amines) is 1. The first-order valence-corrected chi connectivity index (χ1v) is 9.38. The minimum absolute atomic E-state index is 0.00708. The van der Waals surface area contributed by atoms with E-state index in [2.05, 4.69) is 25.5 Å². The van der Waals surface area contributed by atoms with E-state index in [1.807, 2.05) is 24.3 Å². The van der Waals surface area contributed by atoms with Gasteiger partial charge in [0.25, 0.3) is 5.56 Å². The number of aliphatic hydroxyl groups excluding tert-OH is 1. The number of hydrogen-bond acceptors (Lipinski definition) is 6. The average molecular weight is 386 g/mol. The highest BCUT2D eigenvalue weighted by atomic mass is 16.3. The van der Waals surface area contributed by atoms with Crippen LogP contribution < -0.4 is 21.9 Å². The molecular formula is C19H26N6O3. The summed E-state index contributed by atoms with van der Waals surface area (Å²) in [6, 6.07) is 6.92. The number of amides is 2. The van der Waals surface area contributed by atoms with E-state index >= 15 is 0 Å². The zero-order valence-electron chi connectivity index (χ0n) is 15.6. The number of H-pyrrole nitrogens is 1. The van der Waals surface area contributed by atoms with Crippen LogP contribution in [0, 0.1) is 0 Å². The molecule has 0 radical (unpaired) electrons. The van der Waals surface area contributed by atoms with Gasteiger partial charge in [-0.3, -0.25) is 20.0 Å². The van der Waals surface area contributed by atoms with Gasteiger partial charge in [-0.1, -0.05) is 24.3 Å². The standard InChI is InChI=1S/C19H26N6O3/c20-10-13-3-5-14(6-4-13)16-11-21-18(23-17(16)27)24-19(28)22-15-2-1-7-25(12-15)8-9-26/h3-6,11,15,26H,1-2,7-10,12,20H2,(H3,21,22,23,24,27,28). The van der Waals surface area contributed by atoms with E-state index in [0.717, 1.165) is 30.5 Å². The third-order valence-electron chi connectivity index (χ3n) is 4.79. The van der Waals surface area contributed by atoms with Crippen molar-refractivity contribution < 1.29 is 9.90 Å². The largest absolute Gasteiger partial charge is 0.395 e. The molecule has 1 saturated heterocycles. The first-order valence-electron chi connectivity index (χ1n) is 9.38. The van der Waals surface area contributed by atoms with Crippen molar-refractivity contribution in [2.75, 3.05) is 31.6 Å². The highest BCUT2D eigenvalue weighted by Gasteiger charge is 2.21. The minimum atomic E-state index is -0.418. The predicted octanol–water partition coefficient (Wildman–Crippen LogP) is 0.474. The van der Waals surface area contributed by atoms with Crippen LogP contribution in [-0.2, 0) is 6.54 Å². The van der Waals surface area contributed by atoms with Crippen LogP contribution >= 0.6 is 0 Å². The zero-order valence-corrected chi connectivity index (χ0v) is 15.6. The summed E-state index contributed by atoms with van der Waals surface area (Å²) < 4.78 is 0. The summed E-state index contributed by atoms with van der Waals surface area (Å²) in [6.45, 7) is 2.75. The number of rotatable bonds is 6. The van der Waals surface area contributed by atoms with E-state index in [0.29, 0.717) is 25.2 Å². The number of nitrogens with zero attached hydrogens (tertiary/aromatic N) is 2. The van der Waals surface area contributed by atoms with Crippen LogP contribution in [0.4, 0.5) is 10.7 Å². The molecule has 0 aliphatic carbocycles. The second kappa shape index (κ2) is 9.45. The Morgan fingerprint density at radius 1 is 1.36 bits per heavy atom. The number of hydrogen-bond donors (Lipinski definition) is 5. The summed E-state index contributed by atoms with van der Waals surface area (Å²) in [4.78, 5) is 33.4. The SMILES string of the molecule is NCc1ccc(-c2cnc(NC(=O)NC3CCCN(CCO)C3)[nH]c2=O)cc1. The summed E-state index contributed by atoms with van der Waals surface area (Å²) in [7, 11) is 0. The Morgan fingerprint density at radius 3 is 2.82 bits per heavy atom. The number of carbonyl (C=O) groups is 1. The van der Waals surface area contributed by atoms with Crippen molar-refractivity contribution in [1.82, 2.24) is 20.2 Å². The van der Waals surface area contributed by atoms with Crippen molar-refractivity contribution >= 4 is 12.0 Å². The Morgan fingerprint density at radius 2 is 2.14 bits per heavy atom. The number of piperidine rings is 1. The fourth-order valence-corrected chi connectivity index (χ4v) is 3.33. The van der Waals surface area contributed by atoms with E-state index in [1.165, 1.54) is 6.20 Å². The fourth-order valence-electron chi connectivity index (χ4n) is 3.33. The molecule has 9 nitrogen and oxygen atoms in total. The predicted molar refractivity (Wildman–Crippen MR) is 107 cm³/mol. The number of aromatic amines is 1. The quantitative estimate of drug-likeness (QED) is 0.490. The average Bonchev–Trinajstić information content (AvgIpc) is 2.69. The van der Waals surface area contributed by atoms with Crippen LogP contribution in [0.15, 0.2) is 35.3 Å². The lowest BCUT2D eigenvalue weighted by Gasteiger charge is -2.32.